The summed E-state index contributed by atoms with van der Waals surface area (Å²) in [5.41, 5.74) is 0. The van der Waals surface area contributed by atoms with Crippen LogP contribution in [0.3, 0.4) is 0 Å². The van der Waals surface area contributed by atoms with Gasteiger partial charge in [-0.3, -0.25) is 4.79 Å². The summed E-state index contributed by atoms with van der Waals surface area (Å²) in [6, 6.07) is 0. The molecular formula is C14H20N2O2S. The predicted molar refractivity (Wildman–Crippen MR) is 78.1 cm³/mol. The highest BCUT2D eigenvalue weighted by atomic mass is 32.1. The van der Waals surface area contributed by atoms with E-state index in [-0.39, 0.29) is 12.5 Å². The van der Waals surface area contributed by atoms with Gasteiger partial charge in [-0.25, -0.2) is 4.98 Å². The number of unbranched alkanes of at least 4 members (excludes halogenated alkanes) is 4. The monoisotopic (exact) mass is 280 g/mol. The second-order valence-corrected chi connectivity index (χ2v) is 5.23. The molecule has 5 heteroatoms. The topological polar surface area (TPSA) is 62.2 Å². The molecule has 1 aromatic rings. The third-order valence-electron chi connectivity index (χ3n) is 2.55. The minimum absolute atomic E-state index is 0.00696. The van der Waals surface area contributed by atoms with Crippen molar-refractivity contribution in [3.05, 3.63) is 11.1 Å². The van der Waals surface area contributed by atoms with Crippen molar-refractivity contribution in [2.24, 2.45) is 0 Å². The lowest BCUT2D eigenvalue weighted by atomic mass is 10.1. The van der Waals surface area contributed by atoms with E-state index < -0.39 is 0 Å². The summed E-state index contributed by atoms with van der Waals surface area (Å²) in [4.78, 5) is 16.5. The van der Waals surface area contributed by atoms with Gasteiger partial charge in [0.15, 0.2) is 5.13 Å². The summed E-state index contributed by atoms with van der Waals surface area (Å²) in [5.74, 6) is 5.31. The van der Waals surface area contributed by atoms with Crippen LogP contribution in [-0.2, 0) is 4.79 Å². The minimum atomic E-state index is -0.169. The zero-order valence-electron chi connectivity index (χ0n) is 11.2. The van der Waals surface area contributed by atoms with Gasteiger partial charge in [0.2, 0.25) is 5.91 Å². The third kappa shape index (κ3) is 6.94. The van der Waals surface area contributed by atoms with E-state index >= 15 is 0 Å². The maximum Gasteiger partial charge on any atom is 0.226 e. The second kappa shape index (κ2) is 9.54. The van der Waals surface area contributed by atoms with Crippen molar-refractivity contribution < 1.29 is 9.90 Å². The Morgan fingerprint density at radius 2 is 2.21 bits per heavy atom. The maximum absolute atomic E-state index is 11.6. The fourth-order valence-corrected chi connectivity index (χ4v) is 2.29. The van der Waals surface area contributed by atoms with E-state index in [9.17, 15) is 4.79 Å². The van der Waals surface area contributed by atoms with Crippen LogP contribution in [0, 0.1) is 11.8 Å². The first-order valence-corrected chi connectivity index (χ1v) is 7.43. The molecule has 1 rings (SSSR count). The number of rotatable bonds is 7. The second-order valence-electron chi connectivity index (χ2n) is 4.20. The molecule has 0 spiro atoms. The zero-order valence-corrected chi connectivity index (χ0v) is 12.1. The van der Waals surface area contributed by atoms with Gasteiger partial charge in [-0.1, -0.05) is 55.8 Å². The molecule has 0 unspecified atom stereocenters. The molecule has 1 heterocycles. The quantitative estimate of drug-likeness (QED) is 0.596. The van der Waals surface area contributed by atoms with E-state index in [4.69, 9.17) is 5.11 Å². The van der Waals surface area contributed by atoms with Crippen LogP contribution >= 0.6 is 11.3 Å². The van der Waals surface area contributed by atoms with Crippen molar-refractivity contribution in [2.75, 3.05) is 11.9 Å². The first-order valence-electron chi connectivity index (χ1n) is 6.61. The number of amides is 1. The van der Waals surface area contributed by atoms with Gasteiger partial charge in [0.05, 0.1) is 11.1 Å². The van der Waals surface area contributed by atoms with Gasteiger partial charge in [0.1, 0.15) is 6.61 Å². The molecular weight excluding hydrogens is 260 g/mol. The minimum Gasteiger partial charge on any atom is -0.384 e. The van der Waals surface area contributed by atoms with Crippen molar-refractivity contribution in [2.45, 2.75) is 45.4 Å². The van der Waals surface area contributed by atoms with E-state index in [0.29, 0.717) is 11.6 Å². The Kier molecular flexibility index (Phi) is 7.87. The lowest BCUT2D eigenvalue weighted by molar-refractivity contribution is -0.116. The first kappa shape index (κ1) is 15.7. The zero-order chi connectivity index (χ0) is 13.9. The standard InChI is InChI=1S/C14H20N2O2S/c1-2-3-4-5-6-9-13(18)16-14-15-11-12(19-14)8-7-10-17/h11,17H,2-6,9-10H2,1H3,(H,15,16,18). The van der Waals surface area contributed by atoms with Gasteiger partial charge in [0, 0.05) is 6.42 Å². The van der Waals surface area contributed by atoms with Crippen LogP contribution in [0.15, 0.2) is 6.20 Å². The number of aliphatic hydroxyl groups is 1. The Labute approximate surface area is 118 Å². The van der Waals surface area contributed by atoms with Crippen molar-refractivity contribution >= 4 is 22.4 Å². The maximum atomic E-state index is 11.6. The van der Waals surface area contributed by atoms with Crippen molar-refractivity contribution in [1.29, 1.82) is 0 Å². The Hall–Kier alpha value is -1.38. The average Bonchev–Trinajstić information content (AvgIpc) is 2.83. The molecule has 0 aromatic carbocycles. The first-order chi connectivity index (χ1) is 9.26. The number of aliphatic hydroxyl groups excluding tert-OH is 1. The van der Waals surface area contributed by atoms with Crippen LogP contribution in [0.4, 0.5) is 5.13 Å². The van der Waals surface area contributed by atoms with E-state index in [2.05, 4.69) is 29.1 Å². The van der Waals surface area contributed by atoms with Gasteiger partial charge in [0.25, 0.3) is 0 Å². The number of aromatic nitrogens is 1. The van der Waals surface area contributed by atoms with Crippen LogP contribution in [0.1, 0.15) is 50.3 Å². The highest BCUT2D eigenvalue weighted by molar-refractivity contribution is 7.16. The Morgan fingerprint density at radius 1 is 1.42 bits per heavy atom. The number of anilines is 1. The number of thiazole rings is 1. The molecule has 104 valence electrons. The van der Waals surface area contributed by atoms with Gasteiger partial charge < -0.3 is 10.4 Å². The summed E-state index contributed by atoms with van der Waals surface area (Å²) in [6.45, 7) is 2.00. The van der Waals surface area contributed by atoms with Gasteiger partial charge in [-0.2, -0.15) is 0 Å². The molecule has 2 N–H and O–H groups in total. The summed E-state index contributed by atoms with van der Waals surface area (Å²) in [7, 11) is 0. The van der Waals surface area contributed by atoms with Crippen LogP contribution in [0.25, 0.3) is 0 Å². The van der Waals surface area contributed by atoms with Gasteiger partial charge in [-0.15, -0.1) is 0 Å². The highest BCUT2D eigenvalue weighted by Gasteiger charge is 2.05. The molecule has 19 heavy (non-hydrogen) atoms. The number of nitrogens with one attached hydrogen (secondary N) is 1. The number of carbonyl (C=O) groups excluding carboxylic acids is 1. The molecule has 0 bridgehead atoms. The molecule has 0 aliphatic rings. The molecule has 0 saturated carbocycles. The molecule has 1 aromatic heterocycles. The number of hydrogen-bond acceptors (Lipinski definition) is 4. The molecule has 1 amide bonds. The van der Waals surface area contributed by atoms with Crippen LogP contribution in [0.2, 0.25) is 0 Å². The molecule has 0 aliphatic heterocycles. The largest absolute Gasteiger partial charge is 0.384 e. The van der Waals surface area contributed by atoms with E-state index in [1.54, 1.807) is 6.20 Å². The number of hydrogen-bond donors (Lipinski definition) is 2. The molecule has 0 fully saturated rings. The average molecular weight is 280 g/mol. The van der Waals surface area contributed by atoms with Crippen LogP contribution in [0.5, 0.6) is 0 Å². The molecule has 0 saturated heterocycles. The summed E-state index contributed by atoms with van der Waals surface area (Å²) < 4.78 is 0. The van der Waals surface area contributed by atoms with Crippen molar-refractivity contribution in [3.8, 4) is 11.8 Å². The van der Waals surface area contributed by atoms with Gasteiger partial charge in [-0.05, 0) is 6.42 Å². The van der Waals surface area contributed by atoms with E-state index in [1.807, 2.05) is 0 Å². The Balaban J connectivity index is 2.26. The van der Waals surface area contributed by atoms with Crippen molar-refractivity contribution in [1.82, 2.24) is 4.98 Å². The molecule has 0 aliphatic carbocycles. The Bertz CT molecular complexity index is 446. The third-order valence-corrected chi connectivity index (χ3v) is 3.38. The van der Waals surface area contributed by atoms with Crippen LogP contribution < -0.4 is 5.32 Å². The van der Waals surface area contributed by atoms with E-state index in [0.717, 1.165) is 17.7 Å². The predicted octanol–water partition coefficient (Wildman–Crippen LogP) is 2.79. The smallest absolute Gasteiger partial charge is 0.226 e. The normalized spacial score (nSPS) is 9.79. The fraction of sp³-hybridized carbons (Fsp3) is 0.571. The van der Waals surface area contributed by atoms with E-state index in [1.165, 1.54) is 30.6 Å². The van der Waals surface area contributed by atoms with Crippen molar-refractivity contribution in [3.63, 3.8) is 0 Å². The summed E-state index contributed by atoms with van der Waals surface area (Å²) in [5, 5.41) is 11.9. The molecule has 4 nitrogen and oxygen atoms in total. The molecule has 0 radical (unpaired) electrons. The number of nitrogens with zero attached hydrogens (tertiary/aromatic N) is 1. The SMILES string of the molecule is CCCCCCCC(=O)Nc1ncc(C#CCO)s1. The van der Waals surface area contributed by atoms with Crippen LogP contribution in [-0.4, -0.2) is 22.6 Å². The van der Waals surface area contributed by atoms with Gasteiger partial charge >= 0.3 is 0 Å². The fourth-order valence-electron chi connectivity index (χ4n) is 1.59. The summed E-state index contributed by atoms with van der Waals surface area (Å²) in [6.07, 6.45) is 7.82. The molecule has 0 atom stereocenters. The summed E-state index contributed by atoms with van der Waals surface area (Å²) >= 11 is 1.32. The lowest BCUT2D eigenvalue weighted by Gasteiger charge is -2.01. The highest BCUT2D eigenvalue weighted by Crippen LogP contribution is 2.17. The lowest BCUT2D eigenvalue weighted by Crippen LogP contribution is -2.10. The Morgan fingerprint density at radius 3 is 2.95 bits per heavy atom. The number of carbonyl (C=O) groups is 1.